The van der Waals surface area contributed by atoms with Gasteiger partial charge in [0.05, 0.1) is 12.6 Å². The molecule has 2 aliphatic rings. The number of fused-ring (bicyclic) bond motifs is 2. The summed E-state index contributed by atoms with van der Waals surface area (Å²) in [7, 11) is 0. The number of hydrogen-bond donors (Lipinski definition) is 0. The molecule has 1 unspecified atom stereocenters. The quantitative estimate of drug-likeness (QED) is 0.518. The van der Waals surface area contributed by atoms with Crippen LogP contribution >= 0.6 is 0 Å². The smallest absolute Gasteiger partial charge is 0.211 e. The van der Waals surface area contributed by atoms with Crippen LogP contribution in [0.4, 0.5) is 0 Å². The zero-order valence-corrected chi connectivity index (χ0v) is 8.61. The summed E-state index contributed by atoms with van der Waals surface area (Å²) in [6.45, 7) is 0.297. The first-order valence-corrected chi connectivity index (χ1v) is 5.41. The van der Waals surface area contributed by atoms with Crippen molar-refractivity contribution in [2.45, 2.75) is 38.1 Å². The Morgan fingerprint density at radius 3 is 2.47 bits per heavy atom. The van der Waals surface area contributed by atoms with E-state index < -0.39 is 0 Å². The van der Waals surface area contributed by atoms with E-state index in [0.29, 0.717) is 6.54 Å². The van der Waals surface area contributed by atoms with Gasteiger partial charge in [0.25, 0.3) is 0 Å². The van der Waals surface area contributed by atoms with Crippen LogP contribution in [0.2, 0.25) is 0 Å². The lowest BCUT2D eigenvalue weighted by Crippen LogP contribution is -2.32. The van der Waals surface area contributed by atoms with Gasteiger partial charge in [-0.05, 0) is 43.4 Å². The summed E-state index contributed by atoms with van der Waals surface area (Å²) in [5.41, 5.74) is 0.127. The van der Waals surface area contributed by atoms with Gasteiger partial charge in [-0.2, -0.15) is 4.99 Å². The Kier molecular flexibility index (Phi) is 2.81. The SMILES string of the molecule is O=C=NCC(N=C=O)C12CCC(CC1)C2. The van der Waals surface area contributed by atoms with Crippen LogP contribution in [-0.4, -0.2) is 24.7 Å². The normalized spacial score (nSPS) is 34.3. The van der Waals surface area contributed by atoms with Crippen LogP contribution < -0.4 is 0 Å². The maximum atomic E-state index is 10.4. The highest BCUT2D eigenvalue weighted by Crippen LogP contribution is 2.56. The zero-order valence-electron chi connectivity index (χ0n) is 8.61. The van der Waals surface area contributed by atoms with Crippen LogP contribution in [0, 0.1) is 11.3 Å². The molecule has 0 heterocycles. The molecule has 4 nitrogen and oxygen atoms in total. The molecule has 15 heavy (non-hydrogen) atoms. The molecule has 0 aromatic heterocycles. The fraction of sp³-hybridized carbons (Fsp3) is 0.818. The molecule has 2 saturated carbocycles. The van der Waals surface area contributed by atoms with Gasteiger partial charge in [0.1, 0.15) is 0 Å². The molecule has 0 amide bonds. The second-order valence-corrected chi connectivity index (χ2v) is 4.68. The number of isocyanates is 2. The third-order valence-electron chi connectivity index (χ3n) is 4.04. The first-order valence-electron chi connectivity index (χ1n) is 5.41. The van der Waals surface area contributed by atoms with Crippen LogP contribution in [0.1, 0.15) is 32.1 Å². The van der Waals surface area contributed by atoms with E-state index in [9.17, 15) is 9.59 Å². The van der Waals surface area contributed by atoms with Crippen molar-refractivity contribution in [1.82, 2.24) is 0 Å². The molecule has 2 bridgehead atoms. The largest absolute Gasteiger partial charge is 0.235 e. The highest BCUT2D eigenvalue weighted by atomic mass is 16.1. The molecule has 2 fully saturated rings. The minimum atomic E-state index is -0.149. The van der Waals surface area contributed by atoms with E-state index in [2.05, 4.69) is 9.98 Å². The second kappa shape index (κ2) is 4.09. The summed E-state index contributed by atoms with van der Waals surface area (Å²) in [6, 6.07) is -0.149. The third kappa shape index (κ3) is 1.79. The van der Waals surface area contributed by atoms with Crippen molar-refractivity contribution in [3.05, 3.63) is 0 Å². The van der Waals surface area contributed by atoms with Gasteiger partial charge in [-0.25, -0.2) is 14.6 Å². The van der Waals surface area contributed by atoms with Crippen LogP contribution in [0.3, 0.4) is 0 Å². The molecule has 1 atom stereocenters. The molecule has 0 N–H and O–H groups in total. The highest BCUT2D eigenvalue weighted by molar-refractivity contribution is 5.36. The minimum Gasteiger partial charge on any atom is -0.211 e. The van der Waals surface area contributed by atoms with Crippen molar-refractivity contribution in [3.8, 4) is 0 Å². The van der Waals surface area contributed by atoms with Crippen LogP contribution in [0.5, 0.6) is 0 Å². The van der Waals surface area contributed by atoms with E-state index in [0.717, 1.165) is 25.2 Å². The predicted octanol–water partition coefficient (Wildman–Crippen LogP) is 1.61. The van der Waals surface area contributed by atoms with E-state index >= 15 is 0 Å². The summed E-state index contributed by atoms with van der Waals surface area (Å²) in [5, 5.41) is 0. The minimum absolute atomic E-state index is 0.127. The third-order valence-corrected chi connectivity index (χ3v) is 4.04. The Labute approximate surface area is 88.5 Å². The molecule has 0 aromatic carbocycles. The molecule has 0 saturated heterocycles. The van der Waals surface area contributed by atoms with Crippen LogP contribution in [0.15, 0.2) is 9.98 Å². The molecule has 2 rings (SSSR count). The number of rotatable bonds is 4. The fourth-order valence-corrected chi connectivity index (χ4v) is 3.26. The van der Waals surface area contributed by atoms with Crippen molar-refractivity contribution >= 4 is 12.2 Å². The molecule has 80 valence electrons. The number of carbonyl (C=O) groups excluding carboxylic acids is 2. The Bertz CT molecular complexity index is 332. The Morgan fingerprint density at radius 2 is 2.00 bits per heavy atom. The Balaban J connectivity index is 2.16. The molecular formula is C11H14N2O2. The maximum absolute atomic E-state index is 10.4. The average Bonchev–Trinajstić information content (AvgIpc) is 2.85. The van der Waals surface area contributed by atoms with E-state index in [4.69, 9.17) is 0 Å². The molecule has 0 aromatic rings. The Hall–Kier alpha value is -1.24. The number of nitrogens with zero attached hydrogens (tertiary/aromatic N) is 2. The lowest BCUT2D eigenvalue weighted by molar-refractivity contribution is 0.237. The van der Waals surface area contributed by atoms with Gasteiger partial charge in [-0.15, -0.1) is 0 Å². The summed E-state index contributed by atoms with van der Waals surface area (Å²) in [4.78, 5) is 27.9. The molecule has 2 aliphatic carbocycles. The van der Waals surface area contributed by atoms with Crippen LogP contribution in [-0.2, 0) is 9.59 Å². The monoisotopic (exact) mass is 206 g/mol. The van der Waals surface area contributed by atoms with Gasteiger partial charge < -0.3 is 0 Å². The molecule has 0 radical (unpaired) electrons. The van der Waals surface area contributed by atoms with Gasteiger partial charge in [0, 0.05) is 0 Å². The van der Waals surface area contributed by atoms with Gasteiger partial charge in [-0.1, -0.05) is 0 Å². The average molecular weight is 206 g/mol. The lowest BCUT2D eigenvalue weighted by Gasteiger charge is -2.30. The zero-order chi connectivity index (χ0) is 10.7. The number of hydrogen-bond acceptors (Lipinski definition) is 4. The summed E-state index contributed by atoms with van der Waals surface area (Å²) < 4.78 is 0. The van der Waals surface area contributed by atoms with E-state index in [1.54, 1.807) is 6.08 Å². The van der Waals surface area contributed by atoms with E-state index in [1.165, 1.54) is 18.9 Å². The summed E-state index contributed by atoms with van der Waals surface area (Å²) in [6.07, 6.45) is 8.96. The topological polar surface area (TPSA) is 58.9 Å². The maximum Gasteiger partial charge on any atom is 0.235 e. The van der Waals surface area contributed by atoms with Gasteiger partial charge in [0.2, 0.25) is 12.2 Å². The Morgan fingerprint density at radius 1 is 1.27 bits per heavy atom. The van der Waals surface area contributed by atoms with E-state index in [-0.39, 0.29) is 11.5 Å². The van der Waals surface area contributed by atoms with Crippen molar-refractivity contribution in [2.75, 3.05) is 6.54 Å². The van der Waals surface area contributed by atoms with Gasteiger partial charge in [-0.3, -0.25) is 0 Å². The fourth-order valence-electron chi connectivity index (χ4n) is 3.26. The second-order valence-electron chi connectivity index (χ2n) is 4.68. The highest BCUT2D eigenvalue weighted by Gasteiger charge is 2.49. The lowest BCUT2D eigenvalue weighted by atomic mass is 9.77. The summed E-state index contributed by atoms with van der Waals surface area (Å²) in [5.74, 6) is 0.801. The van der Waals surface area contributed by atoms with Crippen molar-refractivity contribution in [2.24, 2.45) is 21.3 Å². The predicted molar refractivity (Wildman–Crippen MR) is 53.9 cm³/mol. The molecule has 4 heteroatoms. The van der Waals surface area contributed by atoms with E-state index in [1.807, 2.05) is 0 Å². The van der Waals surface area contributed by atoms with Gasteiger partial charge in [0.15, 0.2) is 0 Å². The standard InChI is InChI=1S/C11H14N2O2/c14-7-12-6-10(13-8-15)11-3-1-9(5-11)2-4-11/h9-10H,1-6H2. The molecule has 0 spiro atoms. The molecular weight excluding hydrogens is 192 g/mol. The van der Waals surface area contributed by atoms with Crippen molar-refractivity contribution < 1.29 is 9.59 Å². The first-order chi connectivity index (χ1) is 7.30. The van der Waals surface area contributed by atoms with Gasteiger partial charge >= 0.3 is 0 Å². The first kappa shape index (κ1) is 10.3. The molecule has 0 aliphatic heterocycles. The van der Waals surface area contributed by atoms with Crippen molar-refractivity contribution in [3.63, 3.8) is 0 Å². The summed E-state index contributed by atoms with van der Waals surface area (Å²) >= 11 is 0. The number of aliphatic imine (C=N–C) groups is 2. The van der Waals surface area contributed by atoms with Crippen LogP contribution in [0.25, 0.3) is 0 Å². The van der Waals surface area contributed by atoms with Crippen molar-refractivity contribution in [1.29, 1.82) is 0 Å².